The van der Waals surface area contributed by atoms with E-state index in [0.717, 1.165) is 13.2 Å². The Morgan fingerprint density at radius 1 is 1.10 bits per heavy atom. The number of methoxy groups -OCH3 is 1. The summed E-state index contributed by atoms with van der Waals surface area (Å²) in [7, 11) is 1.03. The Bertz CT molecular complexity index is 526. The van der Waals surface area contributed by atoms with Gasteiger partial charge in [0.05, 0.1) is 18.4 Å². The van der Waals surface area contributed by atoms with Crippen molar-refractivity contribution in [3.8, 4) is 5.75 Å². The molecule has 0 N–H and O–H groups in total. The highest BCUT2D eigenvalue weighted by Crippen LogP contribution is 2.36. The summed E-state index contributed by atoms with van der Waals surface area (Å²) in [5, 5.41) is -0.294. The molecule has 10 heteroatoms. The van der Waals surface area contributed by atoms with Crippen LogP contribution < -0.4 is 9.80 Å². The fraction of sp³-hybridized carbons (Fsp3) is 0.364. The number of carbonyl (C=O) groups excluding carboxylic acids is 1. The SMILES string of the molecule is COc1cc(N(OC(F)(F)F)C(C)=O)cc(C(F)(F)F)c1. The molecule has 118 valence electrons. The number of hydrogen-bond acceptors (Lipinski definition) is 3. The summed E-state index contributed by atoms with van der Waals surface area (Å²) in [4.78, 5) is 14.6. The Balaban J connectivity index is 3.34. The van der Waals surface area contributed by atoms with E-state index in [1.54, 1.807) is 0 Å². The van der Waals surface area contributed by atoms with Crippen LogP contribution in [-0.4, -0.2) is 19.4 Å². The molecular weight excluding hydrogens is 308 g/mol. The van der Waals surface area contributed by atoms with Crippen LogP contribution >= 0.6 is 0 Å². The zero-order valence-corrected chi connectivity index (χ0v) is 10.7. The van der Waals surface area contributed by atoms with Crippen LogP contribution in [-0.2, 0) is 15.8 Å². The summed E-state index contributed by atoms with van der Waals surface area (Å²) in [6, 6.07) is 1.73. The maximum atomic E-state index is 12.7. The molecule has 0 aliphatic carbocycles. The Hall–Kier alpha value is -1.97. The molecule has 0 saturated carbocycles. The minimum absolute atomic E-state index is 0.294. The molecule has 1 rings (SSSR count). The molecule has 0 unspecified atom stereocenters. The molecule has 1 aromatic rings. The molecule has 0 aliphatic heterocycles. The molecular formula is C11H9F6NO3. The lowest BCUT2D eigenvalue weighted by Crippen LogP contribution is -2.35. The van der Waals surface area contributed by atoms with Crippen LogP contribution in [0, 0.1) is 0 Å². The first-order valence-electron chi connectivity index (χ1n) is 5.27. The average Bonchev–Trinajstić information content (AvgIpc) is 2.33. The van der Waals surface area contributed by atoms with Crippen molar-refractivity contribution in [1.29, 1.82) is 0 Å². The van der Waals surface area contributed by atoms with Crippen molar-refractivity contribution in [2.75, 3.05) is 12.2 Å². The molecule has 21 heavy (non-hydrogen) atoms. The molecule has 0 fully saturated rings. The normalized spacial score (nSPS) is 12.2. The van der Waals surface area contributed by atoms with E-state index in [2.05, 4.69) is 9.57 Å². The molecule has 0 aliphatic rings. The van der Waals surface area contributed by atoms with Crippen molar-refractivity contribution in [3.63, 3.8) is 0 Å². The molecule has 0 heterocycles. The van der Waals surface area contributed by atoms with Gasteiger partial charge in [0.1, 0.15) is 5.75 Å². The van der Waals surface area contributed by atoms with Gasteiger partial charge in [0.15, 0.2) is 0 Å². The van der Waals surface area contributed by atoms with Gasteiger partial charge in [-0.3, -0.25) is 4.79 Å². The summed E-state index contributed by atoms with van der Waals surface area (Å²) < 4.78 is 79.2. The lowest BCUT2D eigenvalue weighted by Gasteiger charge is -2.22. The molecule has 0 aromatic heterocycles. The number of benzene rings is 1. The van der Waals surface area contributed by atoms with E-state index in [4.69, 9.17) is 0 Å². The fourth-order valence-electron chi connectivity index (χ4n) is 1.38. The molecule has 1 amide bonds. The van der Waals surface area contributed by atoms with Gasteiger partial charge in [0.2, 0.25) is 5.91 Å². The quantitative estimate of drug-likeness (QED) is 0.632. The number of rotatable bonds is 3. The van der Waals surface area contributed by atoms with Crippen LogP contribution in [0.1, 0.15) is 12.5 Å². The first-order valence-corrected chi connectivity index (χ1v) is 5.27. The maximum absolute atomic E-state index is 12.7. The van der Waals surface area contributed by atoms with Crippen LogP contribution in [0.4, 0.5) is 32.0 Å². The van der Waals surface area contributed by atoms with Gasteiger partial charge in [-0.25, -0.2) is 0 Å². The van der Waals surface area contributed by atoms with Crippen molar-refractivity contribution in [1.82, 2.24) is 0 Å². The first-order chi connectivity index (χ1) is 9.44. The van der Waals surface area contributed by atoms with Crippen molar-refractivity contribution in [2.24, 2.45) is 0 Å². The van der Waals surface area contributed by atoms with E-state index in [9.17, 15) is 31.1 Å². The van der Waals surface area contributed by atoms with Crippen molar-refractivity contribution in [3.05, 3.63) is 23.8 Å². The van der Waals surface area contributed by atoms with E-state index < -0.39 is 29.7 Å². The number of alkyl halides is 6. The van der Waals surface area contributed by atoms with Crippen molar-refractivity contribution < 1.29 is 40.7 Å². The number of amides is 1. The predicted octanol–water partition coefficient (Wildman–Crippen LogP) is 3.52. The molecule has 1 aromatic carbocycles. The van der Waals surface area contributed by atoms with Gasteiger partial charge in [0.25, 0.3) is 0 Å². The highest BCUT2D eigenvalue weighted by atomic mass is 19.4. The van der Waals surface area contributed by atoms with E-state index in [0.29, 0.717) is 19.1 Å². The second-order valence-corrected chi connectivity index (χ2v) is 3.77. The smallest absolute Gasteiger partial charge is 0.497 e. The highest BCUT2D eigenvalue weighted by molar-refractivity contribution is 5.89. The van der Waals surface area contributed by atoms with Gasteiger partial charge in [-0.1, -0.05) is 0 Å². The number of anilines is 1. The number of carbonyl (C=O) groups is 1. The molecule has 0 atom stereocenters. The summed E-state index contributed by atoms with van der Waals surface area (Å²) in [6.45, 7) is 0.707. The minimum Gasteiger partial charge on any atom is -0.497 e. The van der Waals surface area contributed by atoms with Gasteiger partial charge in [0, 0.05) is 13.0 Å². The maximum Gasteiger partial charge on any atom is 0.544 e. The molecule has 0 bridgehead atoms. The number of ether oxygens (including phenoxy) is 1. The van der Waals surface area contributed by atoms with Gasteiger partial charge < -0.3 is 4.74 Å². The second-order valence-electron chi connectivity index (χ2n) is 3.77. The van der Waals surface area contributed by atoms with Crippen LogP contribution in [0.3, 0.4) is 0 Å². The summed E-state index contributed by atoms with van der Waals surface area (Å²) in [5.74, 6) is -1.63. The Morgan fingerprint density at radius 2 is 1.67 bits per heavy atom. The zero-order valence-electron chi connectivity index (χ0n) is 10.7. The van der Waals surface area contributed by atoms with Gasteiger partial charge in [-0.2, -0.15) is 23.1 Å². The van der Waals surface area contributed by atoms with Gasteiger partial charge >= 0.3 is 12.5 Å². The van der Waals surface area contributed by atoms with E-state index in [1.165, 1.54) is 0 Å². The number of halogens is 6. The van der Waals surface area contributed by atoms with E-state index >= 15 is 0 Å². The van der Waals surface area contributed by atoms with Crippen molar-refractivity contribution >= 4 is 11.6 Å². The summed E-state index contributed by atoms with van der Waals surface area (Å²) >= 11 is 0. The molecule has 0 radical (unpaired) electrons. The van der Waals surface area contributed by atoms with Gasteiger partial charge in [-0.05, 0) is 12.1 Å². The largest absolute Gasteiger partial charge is 0.544 e. The summed E-state index contributed by atoms with van der Waals surface area (Å²) in [6.07, 6.45) is -10.1. The average molecular weight is 317 g/mol. The Morgan fingerprint density at radius 3 is 2.05 bits per heavy atom. The standard InChI is InChI=1S/C11H9F6NO3/c1-6(19)18(21-11(15,16)17)8-3-7(10(12,13)14)4-9(5-8)20-2/h3-5H,1-2H3. The van der Waals surface area contributed by atoms with E-state index in [1.807, 2.05) is 0 Å². The Labute approximate surface area is 114 Å². The molecule has 0 saturated heterocycles. The highest BCUT2D eigenvalue weighted by Gasteiger charge is 2.37. The van der Waals surface area contributed by atoms with Crippen LogP contribution in [0.25, 0.3) is 0 Å². The number of hydroxylamine groups is 1. The zero-order chi connectivity index (χ0) is 16.4. The lowest BCUT2D eigenvalue weighted by atomic mass is 10.1. The number of nitrogens with zero attached hydrogens (tertiary/aromatic N) is 1. The van der Waals surface area contributed by atoms with Crippen LogP contribution in [0.5, 0.6) is 5.75 Å². The monoisotopic (exact) mass is 317 g/mol. The van der Waals surface area contributed by atoms with Crippen molar-refractivity contribution in [2.45, 2.75) is 19.5 Å². The van der Waals surface area contributed by atoms with Crippen LogP contribution in [0.2, 0.25) is 0 Å². The lowest BCUT2D eigenvalue weighted by molar-refractivity contribution is -0.327. The summed E-state index contributed by atoms with van der Waals surface area (Å²) in [5.41, 5.74) is -2.04. The minimum atomic E-state index is -5.24. The molecule has 4 nitrogen and oxygen atoms in total. The topological polar surface area (TPSA) is 38.8 Å². The van der Waals surface area contributed by atoms with Crippen LogP contribution in [0.15, 0.2) is 18.2 Å². The third-order valence-corrected chi connectivity index (χ3v) is 2.17. The third kappa shape index (κ3) is 4.81. The Kier molecular flexibility index (Phi) is 4.72. The predicted molar refractivity (Wildman–Crippen MR) is 58.3 cm³/mol. The molecule has 0 spiro atoms. The first kappa shape index (κ1) is 17.1. The van der Waals surface area contributed by atoms with E-state index in [-0.39, 0.29) is 10.8 Å². The second kappa shape index (κ2) is 5.80. The fourth-order valence-corrected chi connectivity index (χ4v) is 1.38. The number of hydrogen-bond donors (Lipinski definition) is 0. The van der Waals surface area contributed by atoms with Gasteiger partial charge in [-0.15, -0.1) is 13.2 Å². The third-order valence-electron chi connectivity index (χ3n) is 2.17.